The highest BCUT2D eigenvalue weighted by atomic mass is 16.7. The molecule has 0 aromatic heterocycles. The molecule has 0 amide bonds. The number of methoxy groups -OCH3 is 1. The van der Waals surface area contributed by atoms with Gasteiger partial charge >= 0.3 is 5.97 Å². The first kappa shape index (κ1) is 46.4. The molecule has 0 aromatic rings. The van der Waals surface area contributed by atoms with Crippen molar-refractivity contribution in [3.05, 3.63) is 0 Å². The maximum Gasteiger partial charge on any atom is 0.311 e. The summed E-state index contributed by atoms with van der Waals surface area (Å²) >= 11 is 0. The standard InChI is InChI=1S/C40H76N2O11/c1-15-21(2)16-30-24(5)32(43)27(8)41-20-22(3)18-39(10,47)36(53-38-33(44)29(42(12)13)17-23(4)49-38)25(6)34(26(7)37(46)51-30)52-31-19-40(11,48-14)35(45)28(9)50-31/h21-36,38,41,43-45,47H,15-20H2,1-14H3/t21?,22-,23-,24+,25+,26-,27-,28+,29+,30-,31+,32+,33-,34+,35+,36-,38+,39+,40-/m1/s1. The van der Waals surface area contributed by atoms with Crippen LogP contribution in [0.4, 0.5) is 0 Å². The second kappa shape index (κ2) is 19.5. The third-order valence-corrected chi connectivity index (χ3v) is 12.6. The summed E-state index contributed by atoms with van der Waals surface area (Å²) in [5, 5.41) is 50.0. The number of nitrogens with one attached hydrogen (secondary N) is 1. The average Bonchev–Trinajstić information content (AvgIpc) is 3.09. The van der Waals surface area contributed by atoms with Gasteiger partial charge in [-0.1, -0.05) is 41.0 Å². The van der Waals surface area contributed by atoms with Crippen molar-refractivity contribution in [2.24, 2.45) is 29.6 Å². The highest BCUT2D eigenvalue weighted by molar-refractivity contribution is 5.73. The molecule has 13 nitrogen and oxygen atoms in total. The highest BCUT2D eigenvalue weighted by Gasteiger charge is 2.51. The maximum absolute atomic E-state index is 14.4. The van der Waals surface area contributed by atoms with E-state index in [-0.39, 0.29) is 48.8 Å². The predicted octanol–water partition coefficient (Wildman–Crippen LogP) is 3.47. The van der Waals surface area contributed by atoms with Crippen LogP contribution in [0.5, 0.6) is 0 Å². The van der Waals surface area contributed by atoms with Gasteiger partial charge in [-0.25, -0.2) is 0 Å². The lowest BCUT2D eigenvalue weighted by atomic mass is 9.77. The largest absolute Gasteiger partial charge is 0.462 e. The Morgan fingerprint density at radius 3 is 2.19 bits per heavy atom. The summed E-state index contributed by atoms with van der Waals surface area (Å²) < 4.78 is 38.1. The zero-order valence-electron chi connectivity index (χ0n) is 35.2. The lowest BCUT2D eigenvalue weighted by Crippen LogP contribution is -2.60. The molecule has 3 heterocycles. The highest BCUT2D eigenvalue weighted by Crippen LogP contribution is 2.40. The molecule has 3 rings (SSSR count). The van der Waals surface area contributed by atoms with Gasteiger partial charge in [-0.2, -0.15) is 0 Å². The number of carbonyl (C=O) groups is 1. The zero-order valence-corrected chi connectivity index (χ0v) is 35.2. The minimum atomic E-state index is -1.50. The normalized spacial score (nSPS) is 47.7. The molecule has 19 atom stereocenters. The molecule has 13 heteroatoms. The number of rotatable bonds is 9. The maximum atomic E-state index is 14.4. The number of aliphatic hydroxyl groups excluding tert-OH is 3. The first-order chi connectivity index (χ1) is 24.6. The summed E-state index contributed by atoms with van der Waals surface area (Å²) in [7, 11) is 5.34. The first-order valence-electron chi connectivity index (χ1n) is 20.1. The molecule has 53 heavy (non-hydrogen) atoms. The number of likely N-dealkylation sites (N-methyl/N-ethyl adjacent to an activating group) is 1. The van der Waals surface area contributed by atoms with Crippen molar-refractivity contribution in [3.8, 4) is 0 Å². The van der Waals surface area contributed by atoms with Crippen molar-refractivity contribution in [3.63, 3.8) is 0 Å². The molecule has 3 fully saturated rings. The number of hydrogen-bond donors (Lipinski definition) is 5. The summed E-state index contributed by atoms with van der Waals surface area (Å²) in [5.41, 5.74) is -2.49. The van der Waals surface area contributed by atoms with Crippen molar-refractivity contribution >= 4 is 5.97 Å². The first-order valence-corrected chi connectivity index (χ1v) is 20.1. The Hall–Kier alpha value is -0.970. The van der Waals surface area contributed by atoms with Crippen LogP contribution in [0.15, 0.2) is 0 Å². The van der Waals surface area contributed by atoms with E-state index in [2.05, 4.69) is 19.2 Å². The Morgan fingerprint density at radius 2 is 1.60 bits per heavy atom. The van der Waals surface area contributed by atoms with E-state index in [0.717, 1.165) is 6.42 Å². The van der Waals surface area contributed by atoms with E-state index in [9.17, 15) is 25.2 Å². The van der Waals surface area contributed by atoms with Crippen LogP contribution in [0.3, 0.4) is 0 Å². The molecule has 5 N–H and O–H groups in total. The SMILES string of the molecule is CCC(C)C[C@H]1OC(=O)[C@H](C)[C@@H](O[C@H]2C[C@@](C)(OC)[C@@H](O)[C@H](C)O2)[C@H](C)[C@@H](O[C@@H]2O[C@H](C)C[C@H](N(C)C)[C@H]2O)[C@@](C)(O)C[C@@H](C)CN[C@H](C)[C@@H](O)[C@H]1C. The Balaban J connectivity index is 2.15. The molecule has 0 saturated carbocycles. The molecule has 0 aliphatic carbocycles. The number of cyclic esters (lactones) is 1. The third-order valence-electron chi connectivity index (χ3n) is 12.6. The van der Waals surface area contributed by atoms with Gasteiger partial charge in [0, 0.05) is 37.5 Å². The van der Waals surface area contributed by atoms with E-state index in [4.69, 9.17) is 28.4 Å². The molecule has 0 spiro atoms. The molecule has 0 radical (unpaired) electrons. The number of hydrogen-bond acceptors (Lipinski definition) is 13. The van der Waals surface area contributed by atoms with Gasteiger partial charge in [-0.15, -0.1) is 0 Å². The van der Waals surface area contributed by atoms with E-state index >= 15 is 0 Å². The van der Waals surface area contributed by atoms with Gasteiger partial charge < -0.3 is 59.1 Å². The number of ether oxygens (including phenoxy) is 6. The van der Waals surface area contributed by atoms with Crippen LogP contribution < -0.4 is 5.32 Å². The molecular formula is C40H76N2O11. The van der Waals surface area contributed by atoms with Crippen molar-refractivity contribution in [2.45, 2.75) is 193 Å². The molecule has 0 aromatic carbocycles. The molecule has 3 aliphatic heterocycles. The monoisotopic (exact) mass is 761 g/mol. The number of nitrogens with zero attached hydrogens (tertiary/aromatic N) is 1. The summed E-state index contributed by atoms with van der Waals surface area (Å²) in [5.74, 6) is -2.28. The average molecular weight is 761 g/mol. The Bertz CT molecular complexity index is 1130. The lowest BCUT2D eigenvalue weighted by Gasteiger charge is -2.48. The summed E-state index contributed by atoms with van der Waals surface area (Å²) in [6.45, 7) is 21.4. The molecular weight excluding hydrogens is 684 g/mol. The minimum absolute atomic E-state index is 0.0685. The molecule has 3 saturated heterocycles. The fourth-order valence-corrected chi connectivity index (χ4v) is 8.68. The summed E-state index contributed by atoms with van der Waals surface area (Å²) in [4.78, 5) is 16.4. The van der Waals surface area contributed by atoms with Crippen molar-refractivity contribution in [1.29, 1.82) is 0 Å². The van der Waals surface area contributed by atoms with E-state index in [1.807, 2.05) is 53.6 Å². The molecule has 1 unspecified atom stereocenters. The van der Waals surface area contributed by atoms with Crippen LogP contribution >= 0.6 is 0 Å². The zero-order chi connectivity index (χ0) is 40.2. The second-order valence-corrected chi connectivity index (χ2v) is 17.8. The van der Waals surface area contributed by atoms with Gasteiger partial charge in [-0.3, -0.25) is 4.79 Å². The topological polar surface area (TPSA) is 169 Å². The van der Waals surface area contributed by atoms with E-state index < -0.39 is 84.3 Å². The third kappa shape index (κ3) is 11.6. The van der Waals surface area contributed by atoms with E-state index in [1.165, 1.54) is 7.11 Å². The van der Waals surface area contributed by atoms with Gasteiger partial charge in [0.05, 0.1) is 47.6 Å². The van der Waals surface area contributed by atoms with Gasteiger partial charge in [0.2, 0.25) is 0 Å². The summed E-state index contributed by atoms with van der Waals surface area (Å²) in [6, 6.07) is -0.561. The van der Waals surface area contributed by atoms with Gasteiger partial charge in [0.15, 0.2) is 12.6 Å². The predicted molar refractivity (Wildman–Crippen MR) is 202 cm³/mol. The van der Waals surface area contributed by atoms with Crippen molar-refractivity contribution in [1.82, 2.24) is 10.2 Å². The van der Waals surface area contributed by atoms with Crippen LogP contribution in [0.25, 0.3) is 0 Å². The molecule has 0 bridgehead atoms. The number of aliphatic hydroxyl groups is 4. The second-order valence-electron chi connectivity index (χ2n) is 17.8. The van der Waals surface area contributed by atoms with Crippen LogP contribution in [0, 0.1) is 29.6 Å². The van der Waals surface area contributed by atoms with Crippen LogP contribution in [-0.4, -0.2) is 144 Å². The fourth-order valence-electron chi connectivity index (χ4n) is 8.68. The Labute approximate surface area is 319 Å². The van der Waals surface area contributed by atoms with Gasteiger partial charge in [0.25, 0.3) is 0 Å². The Morgan fingerprint density at radius 1 is 0.962 bits per heavy atom. The molecule has 312 valence electrons. The summed E-state index contributed by atoms with van der Waals surface area (Å²) in [6.07, 6.45) is -5.53. The smallest absolute Gasteiger partial charge is 0.311 e. The quantitative estimate of drug-likeness (QED) is 0.217. The van der Waals surface area contributed by atoms with Crippen molar-refractivity contribution < 1.29 is 53.6 Å². The lowest BCUT2D eigenvalue weighted by molar-refractivity contribution is -0.317. The van der Waals surface area contributed by atoms with E-state index in [0.29, 0.717) is 19.4 Å². The van der Waals surface area contributed by atoms with Gasteiger partial charge in [0.1, 0.15) is 18.3 Å². The van der Waals surface area contributed by atoms with Crippen LogP contribution in [0.2, 0.25) is 0 Å². The number of esters is 1. The fraction of sp³-hybridized carbons (Fsp3) is 0.975. The van der Waals surface area contributed by atoms with Crippen LogP contribution in [-0.2, 0) is 33.2 Å². The van der Waals surface area contributed by atoms with Crippen LogP contribution in [0.1, 0.15) is 108 Å². The number of carbonyl (C=O) groups excluding carboxylic acids is 1. The van der Waals surface area contributed by atoms with E-state index in [1.54, 1.807) is 27.7 Å². The molecule has 3 aliphatic rings. The Kier molecular flexibility index (Phi) is 17.0. The van der Waals surface area contributed by atoms with Crippen molar-refractivity contribution in [2.75, 3.05) is 27.7 Å². The minimum Gasteiger partial charge on any atom is -0.462 e. The van der Waals surface area contributed by atoms with Gasteiger partial charge in [-0.05, 0) is 93.3 Å².